The van der Waals surface area contributed by atoms with E-state index < -0.39 is 0 Å². The van der Waals surface area contributed by atoms with Crippen molar-refractivity contribution in [3.8, 4) is 0 Å². The molecule has 1 heterocycles. The number of thiophene rings is 1. The fraction of sp³-hybridized carbons (Fsp3) is 0.0625. The molecule has 1 aromatic heterocycles. The van der Waals surface area contributed by atoms with Crippen LogP contribution in [0.3, 0.4) is 0 Å². The summed E-state index contributed by atoms with van der Waals surface area (Å²) in [5.74, 6) is -0.867. The van der Waals surface area contributed by atoms with Gasteiger partial charge in [-0.1, -0.05) is 18.2 Å². The van der Waals surface area contributed by atoms with Crippen LogP contribution in [0.25, 0.3) is 10.1 Å². The molecule has 0 unspecified atom stereocenters. The van der Waals surface area contributed by atoms with E-state index in [9.17, 15) is 13.6 Å². The van der Waals surface area contributed by atoms with E-state index in [4.69, 9.17) is 0 Å². The monoisotopic (exact) mass is 288 g/mol. The van der Waals surface area contributed by atoms with Gasteiger partial charge in [-0.05, 0) is 41.3 Å². The largest absolute Gasteiger partial charge is 0.293 e. The molecule has 3 aromatic rings. The molecule has 0 bridgehead atoms. The molecule has 0 aliphatic carbocycles. The highest BCUT2D eigenvalue weighted by atomic mass is 32.1. The maximum Gasteiger partial charge on any atom is 0.177 e. The minimum absolute atomic E-state index is 0.0159. The third kappa shape index (κ3) is 2.47. The summed E-state index contributed by atoms with van der Waals surface area (Å²) in [6, 6.07) is 12.3. The van der Waals surface area contributed by atoms with E-state index in [0.29, 0.717) is 15.8 Å². The van der Waals surface area contributed by atoms with Crippen molar-refractivity contribution in [2.45, 2.75) is 6.42 Å². The van der Waals surface area contributed by atoms with Crippen LogP contribution in [0.5, 0.6) is 0 Å². The first-order valence-electron chi connectivity index (χ1n) is 6.09. The summed E-state index contributed by atoms with van der Waals surface area (Å²) in [5, 5.41) is 0.701. The van der Waals surface area contributed by atoms with E-state index in [-0.39, 0.29) is 23.8 Å². The average Bonchev–Trinajstić information content (AvgIpc) is 2.84. The Morgan fingerprint density at radius 1 is 1.05 bits per heavy atom. The standard InChI is InChI=1S/C16H10F2OS/c17-12-5-6-15-11(7-12)9-16(20-15)14(19)8-10-3-1-2-4-13(10)18/h1-7,9H,8H2. The van der Waals surface area contributed by atoms with Gasteiger partial charge in [0.15, 0.2) is 5.78 Å². The maximum atomic E-state index is 13.5. The van der Waals surface area contributed by atoms with E-state index in [1.807, 2.05) is 0 Å². The zero-order chi connectivity index (χ0) is 14.1. The smallest absolute Gasteiger partial charge is 0.177 e. The zero-order valence-corrected chi connectivity index (χ0v) is 11.2. The lowest BCUT2D eigenvalue weighted by Crippen LogP contribution is -2.02. The molecule has 0 spiro atoms. The highest BCUT2D eigenvalue weighted by Crippen LogP contribution is 2.27. The van der Waals surface area contributed by atoms with E-state index >= 15 is 0 Å². The lowest BCUT2D eigenvalue weighted by Gasteiger charge is -2.00. The van der Waals surface area contributed by atoms with Gasteiger partial charge in [-0.25, -0.2) is 8.78 Å². The molecule has 0 saturated heterocycles. The fourth-order valence-electron chi connectivity index (χ4n) is 2.05. The summed E-state index contributed by atoms with van der Waals surface area (Å²) < 4.78 is 27.5. The summed E-state index contributed by atoms with van der Waals surface area (Å²) in [5.41, 5.74) is 0.376. The Labute approximate surface area is 118 Å². The molecule has 0 atom stereocenters. The van der Waals surface area contributed by atoms with Crippen molar-refractivity contribution in [1.82, 2.24) is 0 Å². The Morgan fingerprint density at radius 3 is 2.65 bits per heavy atom. The normalized spacial score (nSPS) is 10.9. The highest BCUT2D eigenvalue weighted by Gasteiger charge is 2.13. The quantitative estimate of drug-likeness (QED) is 0.643. The van der Waals surface area contributed by atoms with Crippen molar-refractivity contribution < 1.29 is 13.6 Å². The predicted molar refractivity (Wildman–Crippen MR) is 76.2 cm³/mol. The molecule has 4 heteroatoms. The van der Waals surface area contributed by atoms with Crippen LogP contribution in [0, 0.1) is 11.6 Å². The Hall–Kier alpha value is -2.07. The molecule has 20 heavy (non-hydrogen) atoms. The number of carbonyl (C=O) groups excluding carboxylic acids is 1. The van der Waals surface area contributed by atoms with Crippen LogP contribution in [0.1, 0.15) is 15.2 Å². The number of ketones is 1. The number of hydrogen-bond donors (Lipinski definition) is 0. The van der Waals surface area contributed by atoms with E-state index in [1.165, 1.54) is 29.5 Å². The van der Waals surface area contributed by atoms with Crippen LogP contribution in [-0.2, 0) is 6.42 Å². The highest BCUT2D eigenvalue weighted by molar-refractivity contribution is 7.20. The Bertz CT molecular complexity index is 792. The van der Waals surface area contributed by atoms with Gasteiger partial charge in [0.2, 0.25) is 0 Å². The molecular formula is C16H10F2OS. The molecule has 0 radical (unpaired) electrons. The van der Waals surface area contributed by atoms with Crippen molar-refractivity contribution >= 4 is 27.2 Å². The first-order valence-corrected chi connectivity index (χ1v) is 6.91. The van der Waals surface area contributed by atoms with Crippen LogP contribution < -0.4 is 0 Å². The van der Waals surface area contributed by atoms with Gasteiger partial charge in [0, 0.05) is 11.1 Å². The number of carbonyl (C=O) groups is 1. The molecule has 0 saturated carbocycles. The van der Waals surface area contributed by atoms with Crippen molar-refractivity contribution in [1.29, 1.82) is 0 Å². The molecule has 0 amide bonds. The van der Waals surface area contributed by atoms with Crippen molar-refractivity contribution in [2.75, 3.05) is 0 Å². The molecule has 0 N–H and O–H groups in total. The Kier molecular flexibility index (Phi) is 3.32. The Morgan fingerprint density at radius 2 is 1.85 bits per heavy atom. The lowest BCUT2D eigenvalue weighted by molar-refractivity contribution is 0.0995. The second-order valence-corrected chi connectivity index (χ2v) is 5.57. The van der Waals surface area contributed by atoms with Crippen molar-refractivity contribution in [3.63, 3.8) is 0 Å². The van der Waals surface area contributed by atoms with Crippen LogP contribution in [0.15, 0.2) is 48.5 Å². The summed E-state index contributed by atoms with van der Waals surface area (Å²) >= 11 is 1.30. The SMILES string of the molecule is O=C(Cc1ccccc1F)c1cc2cc(F)ccc2s1. The number of benzene rings is 2. The summed E-state index contributed by atoms with van der Waals surface area (Å²) in [6.45, 7) is 0. The Balaban J connectivity index is 1.91. The maximum absolute atomic E-state index is 13.5. The average molecular weight is 288 g/mol. The summed E-state index contributed by atoms with van der Waals surface area (Å²) in [4.78, 5) is 12.7. The van der Waals surface area contributed by atoms with Gasteiger partial charge in [0.1, 0.15) is 11.6 Å². The number of rotatable bonds is 3. The first-order chi connectivity index (χ1) is 9.63. The van der Waals surface area contributed by atoms with Crippen molar-refractivity contribution in [2.24, 2.45) is 0 Å². The summed E-state index contributed by atoms with van der Waals surface area (Å²) in [7, 11) is 0. The van der Waals surface area contributed by atoms with Crippen LogP contribution in [0.2, 0.25) is 0 Å². The molecule has 0 aliphatic rings. The minimum Gasteiger partial charge on any atom is -0.293 e. The minimum atomic E-state index is -0.381. The fourth-order valence-corrected chi connectivity index (χ4v) is 3.03. The van der Waals surface area contributed by atoms with Gasteiger partial charge < -0.3 is 0 Å². The predicted octanol–water partition coefficient (Wildman–Crippen LogP) is 4.60. The molecule has 1 nitrogen and oxygen atoms in total. The molecule has 3 rings (SSSR count). The van der Waals surface area contributed by atoms with E-state index in [1.54, 1.807) is 30.3 Å². The van der Waals surface area contributed by atoms with Gasteiger partial charge in [-0.2, -0.15) is 0 Å². The van der Waals surface area contributed by atoms with Gasteiger partial charge in [0.25, 0.3) is 0 Å². The van der Waals surface area contributed by atoms with Crippen LogP contribution >= 0.6 is 11.3 Å². The molecule has 100 valence electrons. The van der Waals surface area contributed by atoms with Crippen LogP contribution in [0.4, 0.5) is 8.78 Å². The second kappa shape index (κ2) is 5.13. The molecule has 2 aromatic carbocycles. The number of Topliss-reactive ketones (excluding diaryl/α,β-unsaturated/α-hetero) is 1. The number of fused-ring (bicyclic) bond motifs is 1. The second-order valence-electron chi connectivity index (χ2n) is 4.48. The topological polar surface area (TPSA) is 17.1 Å². The third-order valence-corrected chi connectivity index (χ3v) is 4.22. The summed E-state index contributed by atoms with van der Waals surface area (Å²) in [6.07, 6.45) is 0.0159. The zero-order valence-electron chi connectivity index (χ0n) is 10.4. The number of halogens is 2. The molecular weight excluding hydrogens is 278 g/mol. The van der Waals surface area contributed by atoms with E-state index in [0.717, 1.165) is 4.70 Å². The van der Waals surface area contributed by atoms with Crippen LogP contribution in [-0.4, -0.2) is 5.78 Å². The third-order valence-electron chi connectivity index (χ3n) is 3.06. The van der Waals surface area contributed by atoms with E-state index in [2.05, 4.69) is 0 Å². The van der Waals surface area contributed by atoms with Crippen molar-refractivity contribution in [3.05, 3.63) is 70.6 Å². The molecule has 0 aliphatic heterocycles. The van der Waals surface area contributed by atoms with Gasteiger partial charge >= 0.3 is 0 Å². The van der Waals surface area contributed by atoms with Gasteiger partial charge in [0.05, 0.1) is 4.88 Å². The number of hydrogen-bond acceptors (Lipinski definition) is 2. The lowest BCUT2D eigenvalue weighted by atomic mass is 10.1. The van der Waals surface area contributed by atoms with Gasteiger partial charge in [-0.3, -0.25) is 4.79 Å². The molecule has 0 fully saturated rings. The first kappa shape index (κ1) is 12.9. The van der Waals surface area contributed by atoms with Gasteiger partial charge in [-0.15, -0.1) is 11.3 Å².